The van der Waals surface area contributed by atoms with Crippen LogP contribution in [0.3, 0.4) is 0 Å². The molecule has 2 heterocycles. The maximum atomic E-state index is 13.6. The third-order valence-electron chi connectivity index (χ3n) is 6.98. The van der Waals surface area contributed by atoms with Crippen LogP contribution in [0.4, 0.5) is 13.2 Å². The molecule has 10 heteroatoms. The van der Waals surface area contributed by atoms with Gasteiger partial charge in [0.05, 0.1) is 17.0 Å². The molecule has 6 nitrogen and oxygen atoms in total. The monoisotopic (exact) mass is 504 g/mol. The van der Waals surface area contributed by atoms with E-state index in [9.17, 15) is 26.4 Å². The molecule has 0 bridgehead atoms. The van der Waals surface area contributed by atoms with E-state index in [1.165, 1.54) is 24.5 Å². The van der Waals surface area contributed by atoms with E-state index in [-0.39, 0.29) is 17.0 Å². The fourth-order valence-corrected chi connectivity index (χ4v) is 5.50. The summed E-state index contributed by atoms with van der Waals surface area (Å²) in [5, 5.41) is 0. The summed E-state index contributed by atoms with van der Waals surface area (Å²) < 4.78 is 69.5. The van der Waals surface area contributed by atoms with Gasteiger partial charge in [-0.2, -0.15) is 13.2 Å². The van der Waals surface area contributed by atoms with Crippen molar-refractivity contribution in [3.05, 3.63) is 71.1 Å². The summed E-state index contributed by atoms with van der Waals surface area (Å²) in [5.41, 5.74) is 3.23. The Morgan fingerprint density at radius 1 is 1.14 bits per heavy atom. The van der Waals surface area contributed by atoms with E-state index in [4.69, 9.17) is 4.42 Å². The van der Waals surface area contributed by atoms with E-state index < -0.39 is 39.7 Å². The molecule has 0 N–H and O–H groups in total. The fourth-order valence-electron chi connectivity index (χ4n) is 4.85. The van der Waals surface area contributed by atoms with Crippen molar-refractivity contribution in [2.45, 2.75) is 43.4 Å². The SMILES string of the molecule is C[C@H](C1C[C@@H]1c1ccc(S(C)(=O)=O)cc1C(=O)N1Cc2ccc(-c3ncco3)cc2C1)C(F)(F)F. The number of nitrogens with zero attached hydrogens (tertiary/aromatic N) is 2. The Morgan fingerprint density at radius 3 is 2.54 bits per heavy atom. The molecule has 1 saturated carbocycles. The maximum Gasteiger partial charge on any atom is 0.391 e. The Bertz CT molecular complexity index is 1400. The molecule has 1 aliphatic heterocycles. The van der Waals surface area contributed by atoms with Gasteiger partial charge in [0.15, 0.2) is 9.84 Å². The number of alkyl halides is 3. The number of carbonyl (C=O) groups excluding carboxylic acids is 1. The van der Waals surface area contributed by atoms with Gasteiger partial charge in [-0.25, -0.2) is 13.4 Å². The van der Waals surface area contributed by atoms with E-state index >= 15 is 0 Å². The Labute approximate surface area is 200 Å². The zero-order valence-electron chi connectivity index (χ0n) is 19.0. The Kier molecular flexibility index (Phi) is 5.54. The van der Waals surface area contributed by atoms with E-state index in [1.54, 1.807) is 11.1 Å². The second kappa shape index (κ2) is 8.22. The van der Waals surface area contributed by atoms with E-state index in [0.29, 0.717) is 24.4 Å². The van der Waals surface area contributed by atoms with Crippen molar-refractivity contribution in [3.8, 4) is 11.5 Å². The average Bonchev–Trinajstić information content (AvgIpc) is 3.18. The first kappa shape index (κ1) is 23.6. The van der Waals surface area contributed by atoms with Gasteiger partial charge in [-0.05, 0) is 59.2 Å². The lowest BCUT2D eigenvalue weighted by atomic mass is 9.96. The highest BCUT2D eigenvalue weighted by Crippen LogP contribution is 2.56. The number of oxazole rings is 1. The third-order valence-corrected chi connectivity index (χ3v) is 8.09. The summed E-state index contributed by atoms with van der Waals surface area (Å²) in [6.07, 6.45) is 0.0309. The largest absolute Gasteiger partial charge is 0.445 e. The third kappa shape index (κ3) is 4.47. The van der Waals surface area contributed by atoms with Crippen LogP contribution < -0.4 is 0 Å². The van der Waals surface area contributed by atoms with Crippen molar-refractivity contribution in [1.82, 2.24) is 9.88 Å². The molecule has 1 aromatic heterocycles. The first-order valence-corrected chi connectivity index (χ1v) is 13.0. The maximum absolute atomic E-state index is 13.6. The number of hydrogen-bond acceptors (Lipinski definition) is 5. The lowest BCUT2D eigenvalue weighted by Crippen LogP contribution is -2.27. The predicted octanol–water partition coefficient (Wildman–Crippen LogP) is 5.20. The zero-order chi connectivity index (χ0) is 25.1. The quantitative estimate of drug-likeness (QED) is 0.477. The summed E-state index contributed by atoms with van der Waals surface area (Å²) in [6.45, 7) is 1.76. The first-order chi connectivity index (χ1) is 16.4. The number of amides is 1. The Morgan fingerprint density at radius 2 is 1.89 bits per heavy atom. The van der Waals surface area contributed by atoms with Crippen LogP contribution in [-0.2, 0) is 22.9 Å². The minimum absolute atomic E-state index is 0.0337. The highest BCUT2D eigenvalue weighted by molar-refractivity contribution is 7.90. The Hall–Kier alpha value is -3.14. The van der Waals surface area contributed by atoms with E-state index in [1.807, 2.05) is 18.2 Å². The molecular formula is C25H23F3N2O4S. The van der Waals surface area contributed by atoms with Gasteiger partial charge < -0.3 is 9.32 Å². The van der Waals surface area contributed by atoms with Gasteiger partial charge in [0.1, 0.15) is 6.26 Å². The standard InChI is InChI=1S/C25H23F3N2O4S/c1-14(25(26,27)28)20-11-21(20)19-6-5-18(35(2,32)33)10-22(19)24(31)30-12-16-4-3-15(9-17(16)13-30)23-29-7-8-34-23/h3-10,14,20-21H,11-13H2,1-2H3/t14-,20?,21-/m1/s1. The molecule has 1 amide bonds. The van der Waals surface area contributed by atoms with Crippen LogP contribution in [0.5, 0.6) is 0 Å². The number of sulfone groups is 1. The van der Waals surface area contributed by atoms with E-state index in [2.05, 4.69) is 4.98 Å². The van der Waals surface area contributed by atoms with Crippen molar-refractivity contribution in [1.29, 1.82) is 0 Å². The van der Waals surface area contributed by atoms with Crippen LogP contribution >= 0.6 is 0 Å². The smallest absolute Gasteiger partial charge is 0.391 e. The van der Waals surface area contributed by atoms with Crippen LogP contribution in [0.15, 0.2) is 58.2 Å². The van der Waals surface area contributed by atoms with Crippen molar-refractivity contribution in [3.63, 3.8) is 0 Å². The van der Waals surface area contributed by atoms with Crippen LogP contribution in [0.25, 0.3) is 11.5 Å². The van der Waals surface area contributed by atoms with Gasteiger partial charge >= 0.3 is 6.18 Å². The number of halogens is 3. The molecule has 2 aliphatic rings. The molecule has 1 aliphatic carbocycles. The van der Waals surface area contributed by atoms with Crippen LogP contribution in [-0.4, -0.2) is 36.6 Å². The topological polar surface area (TPSA) is 80.5 Å². The highest BCUT2D eigenvalue weighted by atomic mass is 32.2. The molecule has 5 rings (SSSR count). The molecular weight excluding hydrogens is 481 g/mol. The molecule has 1 fully saturated rings. The average molecular weight is 505 g/mol. The zero-order valence-corrected chi connectivity index (χ0v) is 19.9. The molecule has 0 radical (unpaired) electrons. The number of aromatic nitrogens is 1. The molecule has 35 heavy (non-hydrogen) atoms. The summed E-state index contributed by atoms with van der Waals surface area (Å²) >= 11 is 0. The molecule has 184 valence electrons. The van der Waals surface area contributed by atoms with Gasteiger partial charge in [-0.3, -0.25) is 4.79 Å². The minimum Gasteiger partial charge on any atom is -0.445 e. The molecule has 3 aromatic rings. The molecule has 3 atom stereocenters. The highest BCUT2D eigenvalue weighted by Gasteiger charge is 2.53. The summed E-state index contributed by atoms with van der Waals surface area (Å²) in [5.74, 6) is -2.52. The number of benzene rings is 2. The summed E-state index contributed by atoms with van der Waals surface area (Å²) in [6, 6.07) is 9.81. The Balaban J connectivity index is 1.45. The second-order valence-electron chi connectivity index (χ2n) is 9.34. The lowest BCUT2D eigenvalue weighted by Gasteiger charge is -2.20. The molecule has 2 aromatic carbocycles. The molecule has 0 saturated heterocycles. The summed E-state index contributed by atoms with van der Waals surface area (Å²) in [7, 11) is -3.61. The van der Waals surface area contributed by atoms with Crippen molar-refractivity contribution >= 4 is 15.7 Å². The van der Waals surface area contributed by atoms with Gasteiger partial charge in [0.25, 0.3) is 5.91 Å². The van der Waals surface area contributed by atoms with Gasteiger partial charge in [-0.1, -0.05) is 19.1 Å². The van der Waals surface area contributed by atoms with Crippen molar-refractivity contribution in [2.24, 2.45) is 11.8 Å². The normalized spacial score (nSPS) is 20.5. The molecule has 1 unspecified atom stereocenters. The van der Waals surface area contributed by atoms with Crippen molar-refractivity contribution in [2.75, 3.05) is 6.26 Å². The number of carbonyl (C=O) groups is 1. The predicted molar refractivity (Wildman–Crippen MR) is 121 cm³/mol. The van der Waals surface area contributed by atoms with Gasteiger partial charge in [0.2, 0.25) is 5.89 Å². The van der Waals surface area contributed by atoms with Crippen molar-refractivity contribution < 1.29 is 30.8 Å². The number of fused-ring (bicyclic) bond motifs is 1. The fraction of sp³-hybridized carbons (Fsp3) is 0.360. The number of rotatable bonds is 5. The van der Waals surface area contributed by atoms with Crippen LogP contribution in [0.2, 0.25) is 0 Å². The second-order valence-corrected chi connectivity index (χ2v) is 11.4. The van der Waals surface area contributed by atoms with Crippen LogP contribution in [0, 0.1) is 11.8 Å². The lowest BCUT2D eigenvalue weighted by molar-refractivity contribution is -0.175. The summed E-state index contributed by atoms with van der Waals surface area (Å²) in [4.78, 5) is 19.3. The van der Waals surface area contributed by atoms with E-state index in [0.717, 1.165) is 29.9 Å². The molecule has 0 spiro atoms. The van der Waals surface area contributed by atoms with Gasteiger partial charge in [0, 0.05) is 30.5 Å². The minimum atomic E-state index is -4.33. The number of hydrogen-bond donors (Lipinski definition) is 0. The van der Waals surface area contributed by atoms with Crippen LogP contribution in [0.1, 0.15) is 46.3 Å². The van der Waals surface area contributed by atoms with Gasteiger partial charge in [-0.15, -0.1) is 0 Å². The first-order valence-electron chi connectivity index (χ1n) is 11.1.